The maximum atomic E-state index is 12.3. The SMILES string of the molecule is COC(=O)C1CCN(CN2C(=O)c3ccccc3C2=O)CC1. The molecule has 6 heteroatoms. The molecule has 1 aromatic carbocycles. The van der Waals surface area contributed by atoms with Gasteiger partial charge in [-0.3, -0.25) is 24.2 Å². The van der Waals surface area contributed by atoms with Gasteiger partial charge in [0.05, 0.1) is 30.8 Å². The molecule has 0 aromatic heterocycles. The van der Waals surface area contributed by atoms with Crippen LogP contribution in [0.15, 0.2) is 24.3 Å². The van der Waals surface area contributed by atoms with Crippen molar-refractivity contribution in [1.82, 2.24) is 9.80 Å². The van der Waals surface area contributed by atoms with Crippen LogP contribution >= 0.6 is 0 Å². The maximum Gasteiger partial charge on any atom is 0.308 e. The Bertz CT molecular complexity index is 585. The number of imide groups is 1. The van der Waals surface area contributed by atoms with E-state index in [1.807, 2.05) is 4.90 Å². The number of amides is 2. The number of nitrogens with zero attached hydrogens (tertiary/aromatic N) is 2. The zero-order valence-corrected chi connectivity index (χ0v) is 12.4. The van der Waals surface area contributed by atoms with E-state index in [2.05, 4.69) is 0 Å². The molecule has 0 aliphatic carbocycles. The lowest BCUT2D eigenvalue weighted by atomic mass is 9.97. The molecule has 6 nitrogen and oxygen atoms in total. The predicted octanol–water partition coefficient (Wildman–Crippen LogP) is 1.13. The zero-order valence-electron chi connectivity index (χ0n) is 12.4. The molecule has 0 radical (unpaired) electrons. The van der Waals surface area contributed by atoms with Crippen LogP contribution in [0.1, 0.15) is 33.6 Å². The van der Waals surface area contributed by atoms with Crippen LogP contribution in [-0.2, 0) is 9.53 Å². The molecule has 0 spiro atoms. The van der Waals surface area contributed by atoms with Crippen LogP contribution in [0.5, 0.6) is 0 Å². The van der Waals surface area contributed by atoms with Crippen molar-refractivity contribution in [3.63, 3.8) is 0 Å². The van der Waals surface area contributed by atoms with Gasteiger partial charge in [-0.15, -0.1) is 0 Å². The van der Waals surface area contributed by atoms with Gasteiger partial charge < -0.3 is 4.74 Å². The second kappa shape index (κ2) is 5.88. The molecule has 0 atom stereocenters. The van der Waals surface area contributed by atoms with Crippen LogP contribution < -0.4 is 0 Å². The van der Waals surface area contributed by atoms with Crippen LogP contribution in [0.3, 0.4) is 0 Å². The third kappa shape index (κ3) is 2.50. The summed E-state index contributed by atoms with van der Waals surface area (Å²) in [5, 5.41) is 0. The molecule has 1 saturated heterocycles. The number of carbonyl (C=O) groups is 3. The largest absolute Gasteiger partial charge is 0.469 e. The van der Waals surface area contributed by atoms with E-state index in [-0.39, 0.29) is 30.4 Å². The second-order valence-corrected chi connectivity index (χ2v) is 5.64. The van der Waals surface area contributed by atoms with Gasteiger partial charge in [-0.25, -0.2) is 0 Å². The number of piperidine rings is 1. The van der Waals surface area contributed by atoms with Gasteiger partial charge in [0.2, 0.25) is 0 Å². The number of ether oxygens (including phenoxy) is 1. The molecule has 116 valence electrons. The number of likely N-dealkylation sites (tertiary alicyclic amines) is 1. The fourth-order valence-corrected chi connectivity index (χ4v) is 3.04. The molecule has 0 N–H and O–H groups in total. The molecular formula is C16H18N2O4. The fraction of sp³-hybridized carbons (Fsp3) is 0.438. The molecule has 22 heavy (non-hydrogen) atoms. The van der Waals surface area contributed by atoms with Gasteiger partial charge in [0.25, 0.3) is 11.8 Å². The van der Waals surface area contributed by atoms with E-state index in [1.54, 1.807) is 24.3 Å². The number of methoxy groups -OCH3 is 1. The first-order valence-corrected chi connectivity index (χ1v) is 7.37. The van der Waals surface area contributed by atoms with Crippen molar-refractivity contribution in [1.29, 1.82) is 0 Å². The fourth-order valence-electron chi connectivity index (χ4n) is 3.04. The zero-order chi connectivity index (χ0) is 15.7. The highest BCUT2D eigenvalue weighted by Gasteiger charge is 2.37. The summed E-state index contributed by atoms with van der Waals surface area (Å²) in [4.78, 5) is 39.4. The summed E-state index contributed by atoms with van der Waals surface area (Å²) >= 11 is 0. The van der Waals surface area contributed by atoms with Gasteiger partial charge in [-0.1, -0.05) is 12.1 Å². The van der Waals surface area contributed by atoms with Gasteiger partial charge in [-0.05, 0) is 25.0 Å². The first kappa shape index (κ1) is 14.7. The Labute approximate surface area is 128 Å². The lowest BCUT2D eigenvalue weighted by molar-refractivity contribution is -0.147. The van der Waals surface area contributed by atoms with Crippen molar-refractivity contribution < 1.29 is 19.1 Å². The van der Waals surface area contributed by atoms with Gasteiger partial charge in [0.15, 0.2) is 0 Å². The Kier molecular flexibility index (Phi) is 3.94. The minimum Gasteiger partial charge on any atom is -0.469 e. The van der Waals surface area contributed by atoms with Crippen molar-refractivity contribution in [2.45, 2.75) is 12.8 Å². The van der Waals surface area contributed by atoms with E-state index in [9.17, 15) is 14.4 Å². The number of benzene rings is 1. The molecule has 2 heterocycles. The summed E-state index contributed by atoms with van der Waals surface area (Å²) in [6, 6.07) is 6.88. The Hall–Kier alpha value is -2.21. The van der Waals surface area contributed by atoms with Crippen molar-refractivity contribution in [2.24, 2.45) is 5.92 Å². The highest BCUT2D eigenvalue weighted by atomic mass is 16.5. The molecule has 2 amide bonds. The third-order valence-corrected chi connectivity index (χ3v) is 4.34. The summed E-state index contributed by atoms with van der Waals surface area (Å²) in [7, 11) is 1.40. The van der Waals surface area contributed by atoms with Crippen LogP contribution in [0.2, 0.25) is 0 Å². The Morgan fingerprint density at radius 2 is 1.68 bits per heavy atom. The third-order valence-electron chi connectivity index (χ3n) is 4.34. The molecule has 2 aliphatic rings. The molecular weight excluding hydrogens is 284 g/mol. The molecule has 0 bridgehead atoms. The minimum absolute atomic E-state index is 0.0802. The molecule has 1 aromatic rings. The minimum atomic E-state index is -0.240. The van der Waals surface area contributed by atoms with Gasteiger partial charge >= 0.3 is 5.97 Å². The summed E-state index contributed by atoms with van der Waals surface area (Å²) < 4.78 is 4.76. The Morgan fingerprint density at radius 1 is 1.14 bits per heavy atom. The first-order valence-electron chi connectivity index (χ1n) is 7.37. The number of hydrogen-bond acceptors (Lipinski definition) is 5. The smallest absolute Gasteiger partial charge is 0.308 e. The number of hydrogen-bond donors (Lipinski definition) is 0. The average Bonchev–Trinajstić information content (AvgIpc) is 2.80. The Morgan fingerprint density at radius 3 is 2.18 bits per heavy atom. The topological polar surface area (TPSA) is 66.9 Å². The number of carbonyl (C=O) groups excluding carboxylic acids is 3. The summed E-state index contributed by atoms with van der Waals surface area (Å²) in [5.74, 6) is -0.741. The van der Waals surface area contributed by atoms with E-state index in [1.165, 1.54) is 12.0 Å². The van der Waals surface area contributed by atoms with Crippen molar-refractivity contribution in [3.05, 3.63) is 35.4 Å². The number of esters is 1. The number of fused-ring (bicyclic) bond motifs is 1. The van der Waals surface area contributed by atoms with Crippen molar-refractivity contribution in [2.75, 3.05) is 26.9 Å². The van der Waals surface area contributed by atoms with Crippen LogP contribution in [0, 0.1) is 5.92 Å². The summed E-state index contributed by atoms with van der Waals surface area (Å²) in [5.41, 5.74) is 0.939. The highest BCUT2D eigenvalue weighted by molar-refractivity contribution is 6.21. The standard InChI is InChI=1S/C16H18N2O4/c1-22-16(21)11-6-8-17(9-7-11)10-18-14(19)12-4-2-3-5-13(12)15(18)20/h2-5,11H,6-10H2,1H3. The van der Waals surface area contributed by atoms with Crippen LogP contribution in [-0.4, -0.2) is 54.5 Å². The Balaban J connectivity index is 1.63. The van der Waals surface area contributed by atoms with Gasteiger partial charge in [0.1, 0.15) is 0 Å². The quantitative estimate of drug-likeness (QED) is 0.618. The van der Waals surface area contributed by atoms with Crippen molar-refractivity contribution in [3.8, 4) is 0 Å². The molecule has 3 rings (SSSR count). The van der Waals surface area contributed by atoms with E-state index in [0.717, 1.165) is 0 Å². The average molecular weight is 302 g/mol. The van der Waals surface area contributed by atoms with Gasteiger partial charge in [0, 0.05) is 13.1 Å². The first-order chi connectivity index (χ1) is 10.6. The van der Waals surface area contributed by atoms with Crippen LogP contribution in [0.4, 0.5) is 0 Å². The second-order valence-electron chi connectivity index (χ2n) is 5.64. The summed E-state index contributed by atoms with van der Waals surface area (Å²) in [6.45, 7) is 1.63. The van der Waals surface area contributed by atoms with E-state index in [0.29, 0.717) is 37.1 Å². The molecule has 2 aliphatic heterocycles. The lowest BCUT2D eigenvalue weighted by Crippen LogP contribution is -2.45. The molecule has 1 fully saturated rings. The maximum absolute atomic E-state index is 12.3. The monoisotopic (exact) mass is 302 g/mol. The summed E-state index contributed by atoms with van der Waals surface area (Å²) in [6.07, 6.45) is 1.38. The van der Waals surface area contributed by atoms with E-state index in [4.69, 9.17) is 4.74 Å². The predicted molar refractivity (Wildman–Crippen MR) is 78.1 cm³/mol. The van der Waals surface area contributed by atoms with E-state index >= 15 is 0 Å². The lowest BCUT2D eigenvalue weighted by Gasteiger charge is -2.32. The van der Waals surface area contributed by atoms with Crippen LogP contribution in [0.25, 0.3) is 0 Å². The molecule has 0 unspecified atom stereocenters. The number of rotatable bonds is 3. The normalized spacial score (nSPS) is 19.4. The van der Waals surface area contributed by atoms with Gasteiger partial charge in [-0.2, -0.15) is 0 Å². The van der Waals surface area contributed by atoms with Crippen molar-refractivity contribution >= 4 is 17.8 Å². The van der Waals surface area contributed by atoms with E-state index < -0.39 is 0 Å². The molecule has 0 saturated carbocycles. The highest BCUT2D eigenvalue weighted by Crippen LogP contribution is 2.24.